The summed E-state index contributed by atoms with van der Waals surface area (Å²) in [6, 6.07) is 0.405. The largest absolute Gasteiger partial charge is 0.333 e. The summed E-state index contributed by atoms with van der Waals surface area (Å²) in [7, 11) is 0. The molecule has 16 heavy (non-hydrogen) atoms. The maximum Gasteiger partial charge on any atom is 0.312 e. The number of carbonyl (C=O) groups excluding carboxylic acids is 2. The number of rotatable bonds is 5. The van der Waals surface area contributed by atoms with Gasteiger partial charge in [-0.1, -0.05) is 13.8 Å². The van der Waals surface area contributed by atoms with Gasteiger partial charge >= 0.3 is 11.8 Å². The Morgan fingerprint density at radius 1 is 1.19 bits per heavy atom. The number of hydrogen-bond acceptors (Lipinski definition) is 3. The normalized spacial score (nSPS) is 17.5. The van der Waals surface area contributed by atoms with E-state index in [1.165, 1.54) is 0 Å². The van der Waals surface area contributed by atoms with Crippen molar-refractivity contribution in [2.75, 3.05) is 32.7 Å². The van der Waals surface area contributed by atoms with Crippen LogP contribution in [0.1, 0.15) is 20.8 Å². The molecule has 0 spiro atoms. The van der Waals surface area contributed by atoms with Crippen molar-refractivity contribution in [2.24, 2.45) is 0 Å². The van der Waals surface area contributed by atoms with Gasteiger partial charge in [-0.3, -0.25) is 9.59 Å². The highest BCUT2D eigenvalue weighted by Gasteiger charge is 2.30. The zero-order chi connectivity index (χ0) is 12.1. The molecule has 1 saturated heterocycles. The molecule has 1 fully saturated rings. The molecule has 1 aliphatic rings. The Balaban J connectivity index is 2.40. The first-order valence-corrected chi connectivity index (χ1v) is 5.87. The minimum absolute atomic E-state index is 0.362. The van der Waals surface area contributed by atoms with Gasteiger partial charge in [-0.25, -0.2) is 0 Å². The maximum absolute atomic E-state index is 11.7. The van der Waals surface area contributed by atoms with Crippen molar-refractivity contribution in [3.8, 4) is 0 Å². The number of amides is 2. The molecule has 0 aliphatic carbocycles. The summed E-state index contributed by atoms with van der Waals surface area (Å²) in [4.78, 5) is 26.5. The van der Waals surface area contributed by atoms with Crippen LogP contribution < -0.4 is 5.32 Å². The highest BCUT2D eigenvalue weighted by Crippen LogP contribution is 2.03. The summed E-state index contributed by atoms with van der Waals surface area (Å²) >= 11 is 0. The smallest absolute Gasteiger partial charge is 0.312 e. The fraction of sp³-hybridized carbons (Fsp3) is 0.818. The molecule has 0 aromatic rings. The third-order valence-electron chi connectivity index (χ3n) is 2.71. The molecular formula is C11H21N3O2. The molecule has 1 N–H and O–H groups in total. The van der Waals surface area contributed by atoms with E-state index < -0.39 is 0 Å². The van der Waals surface area contributed by atoms with Crippen LogP contribution in [0.5, 0.6) is 0 Å². The third kappa shape index (κ3) is 3.20. The first-order chi connectivity index (χ1) is 7.56. The van der Waals surface area contributed by atoms with E-state index in [1.54, 1.807) is 9.80 Å². The van der Waals surface area contributed by atoms with Crippen LogP contribution in [0.4, 0.5) is 0 Å². The average molecular weight is 227 g/mol. The van der Waals surface area contributed by atoms with Crippen molar-refractivity contribution in [3.05, 3.63) is 0 Å². The molecule has 0 aromatic heterocycles. The van der Waals surface area contributed by atoms with Crippen LogP contribution in [0.15, 0.2) is 0 Å². The molecule has 0 saturated carbocycles. The monoisotopic (exact) mass is 227 g/mol. The summed E-state index contributed by atoms with van der Waals surface area (Å²) in [5.41, 5.74) is 0. The van der Waals surface area contributed by atoms with Crippen molar-refractivity contribution >= 4 is 11.8 Å². The molecule has 5 nitrogen and oxygen atoms in total. The lowest BCUT2D eigenvalue weighted by Gasteiger charge is -2.33. The van der Waals surface area contributed by atoms with Crippen molar-refractivity contribution in [1.82, 2.24) is 15.1 Å². The van der Waals surface area contributed by atoms with Crippen molar-refractivity contribution in [1.29, 1.82) is 0 Å². The van der Waals surface area contributed by atoms with E-state index in [9.17, 15) is 9.59 Å². The van der Waals surface area contributed by atoms with Crippen LogP contribution >= 0.6 is 0 Å². The predicted octanol–water partition coefficient (Wildman–Crippen LogP) is -0.325. The summed E-state index contributed by atoms with van der Waals surface area (Å²) in [5.74, 6) is -0.725. The van der Waals surface area contributed by atoms with E-state index in [-0.39, 0.29) is 11.8 Å². The second-order valence-corrected chi connectivity index (χ2v) is 4.29. The first-order valence-electron chi connectivity index (χ1n) is 5.87. The van der Waals surface area contributed by atoms with Crippen LogP contribution in [0.2, 0.25) is 0 Å². The minimum atomic E-state index is -0.363. The molecule has 0 radical (unpaired) electrons. The zero-order valence-electron chi connectivity index (χ0n) is 10.3. The Bertz CT molecular complexity index is 266. The lowest BCUT2D eigenvalue weighted by molar-refractivity contribution is -0.155. The molecule has 1 rings (SSSR count). The van der Waals surface area contributed by atoms with Gasteiger partial charge in [-0.15, -0.1) is 0 Å². The molecular weight excluding hydrogens is 206 g/mol. The molecule has 1 aliphatic heterocycles. The van der Waals surface area contributed by atoms with Crippen molar-refractivity contribution in [3.63, 3.8) is 0 Å². The van der Waals surface area contributed by atoms with Gasteiger partial charge in [0, 0.05) is 38.8 Å². The SMILES string of the molecule is CCN1CCN(CCNC(C)C)C(=O)C1=O. The lowest BCUT2D eigenvalue weighted by atomic mass is 10.3. The Morgan fingerprint density at radius 2 is 1.75 bits per heavy atom. The lowest BCUT2D eigenvalue weighted by Crippen LogP contribution is -2.55. The van der Waals surface area contributed by atoms with Crippen LogP contribution in [-0.2, 0) is 9.59 Å². The highest BCUT2D eigenvalue weighted by molar-refractivity contribution is 6.35. The zero-order valence-corrected chi connectivity index (χ0v) is 10.3. The number of nitrogens with zero attached hydrogens (tertiary/aromatic N) is 2. The van der Waals surface area contributed by atoms with Crippen LogP contribution in [0.25, 0.3) is 0 Å². The molecule has 0 unspecified atom stereocenters. The van der Waals surface area contributed by atoms with E-state index in [0.717, 1.165) is 6.54 Å². The summed E-state index contributed by atoms with van der Waals surface area (Å²) in [6.45, 7) is 9.28. The standard InChI is InChI=1S/C11H21N3O2/c1-4-13-7-8-14(11(16)10(13)15)6-5-12-9(2)3/h9,12H,4-8H2,1-3H3. The Labute approximate surface area is 96.8 Å². The fourth-order valence-electron chi connectivity index (χ4n) is 1.72. The molecule has 5 heteroatoms. The van der Waals surface area contributed by atoms with Gasteiger partial charge < -0.3 is 15.1 Å². The Morgan fingerprint density at radius 3 is 2.31 bits per heavy atom. The topological polar surface area (TPSA) is 52.6 Å². The van der Waals surface area contributed by atoms with Gasteiger partial charge in [0.15, 0.2) is 0 Å². The number of hydrogen-bond donors (Lipinski definition) is 1. The second kappa shape index (κ2) is 5.84. The molecule has 0 aromatic carbocycles. The highest BCUT2D eigenvalue weighted by atomic mass is 16.2. The maximum atomic E-state index is 11.7. The molecule has 0 bridgehead atoms. The van der Waals surface area contributed by atoms with Gasteiger partial charge in [-0.2, -0.15) is 0 Å². The summed E-state index contributed by atoms with van der Waals surface area (Å²) < 4.78 is 0. The van der Waals surface area contributed by atoms with E-state index >= 15 is 0 Å². The Kier molecular flexibility index (Phi) is 4.73. The van der Waals surface area contributed by atoms with Gasteiger partial charge in [-0.05, 0) is 6.92 Å². The van der Waals surface area contributed by atoms with E-state index in [1.807, 2.05) is 6.92 Å². The molecule has 0 atom stereocenters. The number of likely N-dealkylation sites (N-methyl/N-ethyl adjacent to an activating group) is 1. The predicted molar refractivity (Wildman–Crippen MR) is 62.0 cm³/mol. The number of piperazine rings is 1. The van der Waals surface area contributed by atoms with Crippen LogP contribution in [-0.4, -0.2) is 60.4 Å². The molecule has 2 amide bonds. The van der Waals surface area contributed by atoms with Crippen molar-refractivity contribution in [2.45, 2.75) is 26.8 Å². The number of carbonyl (C=O) groups is 2. The quantitative estimate of drug-likeness (QED) is 0.655. The number of nitrogens with one attached hydrogen (secondary N) is 1. The second-order valence-electron chi connectivity index (χ2n) is 4.29. The molecule has 92 valence electrons. The summed E-state index contributed by atoms with van der Waals surface area (Å²) in [6.07, 6.45) is 0. The van der Waals surface area contributed by atoms with Gasteiger partial charge in [0.2, 0.25) is 0 Å². The van der Waals surface area contributed by atoms with E-state index in [0.29, 0.717) is 32.2 Å². The average Bonchev–Trinajstić information content (AvgIpc) is 2.24. The van der Waals surface area contributed by atoms with Crippen molar-refractivity contribution < 1.29 is 9.59 Å². The first kappa shape index (κ1) is 13.0. The Hall–Kier alpha value is -1.10. The van der Waals surface area contributed by atoms with Crippen LogP contribution in [0, 0.1) is 0 Å². The molecule has 1 heterocycles. The van der Waals surface area contributed by atoms with Gasteiger partial charge in [0.1, 0.15) is 0 Å². The minimum Gasteiger partial charge on any atom is -0.333 e. The van der Waals surface area contributed by atoms with E-state index in [4.69, 9.17) is 0 Å². The van der Waals surface area contributed by atoms with Gasteiger partial charge in [0.05, 0.1) is 0 Å². The van der Waals surface area contributed by atoms with E-state index in [2.05, 4.69) is 19.2 Å². The van der Waals surface area contributed by atoms with Crippen LogP contribution in [0.3, 0.4) is 0 Å². The summed E-state index contributed by atoms with van der Waals surface area (Å²) in [5, 5.41) is 3.23. The van der Waals surface area contributed by atoms with Gasteiger partial charge in [0.25, 0.3) is 0 Å². The fourth-order valence-corrected chi connectivity index (χ4v) is 1.72. The third-order valence-corrected chi connectivity index (χ3v) is 2.71.